The largest absolute Gasteiger partial charge is 0.388 e. The molecule has 1 saturated carbocycles. The number of hydrogen-bond acceptors (Lipinski definition) is 3. The highest BCUT2D eigenvalue weighted by Crippen LogP contribution is 2.28. The van der Waals surface area contributed by atoms with Crippen molar-refractivity contribution in [2.75, 3.05) is 20.3 Å². The zero-order valence-corrected chi connectivity index (χ0v) is 9.58. The molecule has 0 heterocycles. The van der Waals surface area contributed by atoms with Crippen LogP contribution < -0.4 is 5.32 Å². The fourth-order valence-electron chi connectivity index (χ4n) is 1.96. The van der Waals surface area contributed by atoms with E-state index in [0.717, 1.165) is 25.7 Å². The Hall–Kier alpha value is -0.610. The highest BCUT2D eigenvalue weighted by molar-refractivity contribution is 5.78. The molecule has 0 saturated heterocycles. The van der Waals surface area contributed by atoms with Crippen LogP contribution in [0.5, 0.6) is 0 Å². The molecule has 1 amide bonds. The first-order valence-corrected chi connectivity index (χ1v) is 5.56. The van der Waals surface area contributed by atoms with Gasteiger partial charge in [-0.3, -0.25) is 4.79 Å². The van der Waals surface area contributed by atoms with Crippen LogP contribution >= 0.6 is 0 Å². The minimum atomic E-state index is -0.664. The van der Waals surface area contributed by atoms with E-state index in [1.165, 1.54) is 0 Å². The number of ether oxygens (including phenoxy) is 1. The van der Waals surface area contributed by atoms with Crippen molar-refractivity contribution in [1.82, 2.24) is 5.32 Å². The van der Waals surface area contributed by atoms with Crippen molar-refractivity contribution in [3.63, 3.8) is 0 Å². The predicted octanol–water partition coefficient (Wildman–Crippen LogP) is 0.690. The summed E-state index contributed by atoms with van der Waals surface area (Å²) in [6.45, 7) is 2.61. The van der Waals surface area contributed by atoms with Crippen molar-refractivity contribution in [1.29, 1.82) is 0 Å². The molecule has 0 aromatic rings. The quantitative estimate of drug-likeness (QED) is 0.709. The molecule has 0 bridgehead atoms. The Morgan fingerprint density at radius 3 is 2.67 bits per heavy atom. The Balaban J connectivity index is 2.26. The standard InChI is InChI=1S/C11H21NO3/c1-9(7-15-2)10(13)12-8-11(14)5-3-4-6-11/h9,14H,3-8H2,1-2H3,(H,12,13). The summed E-state index contributed by atoms with van der Waals surface area (Å²) in [5, 5.41) is 12.8. The van der Waals surface area contributed by atoms with E-state index < -0.39 is 5.60 Å². The van der Waals surface area contributed by atoms with Crippen molar-refractivity contribution >= 4 is 5.91 Å². The smallest absolute Gasteiger partial charge is 0.225 e. The molecule has 4 heteroatoms. The van der Waals surface area contributed by atoms with Gasteiger partial charge in [0.15, 0.2) is 0 Å². The molecule has 1 atom stereocenters. The maximum atomic E-state index is 11.5. The van der Waals surface area contributed by atoms with Gasteiger partial charge in [0, 0.05) is 13.7 Å². The third-order valence-electron chi connectivity index (χ3n) is 2.99. The van der Waals surface area contributed by atoms with E-state index in [4.69, 9.17) is 4.74 Å². The van der Waals surface area contributed by atoms with Gasteiger partial charge in [0.2, 0.25) is 5.91 Å². The molecule has 0 spiro atoms. The van der Waals surface area contributed by atoms with Crippen LogP contribution in [0.25, 0.3) is 0 Å². The van der Waals surface area contributed by atoms with Gasteiger partial charge >= 0.3 is 0 Å². The van der Waals surface area contributed by atoms with Gasteiger partial charge in [-0.15, -0.1) is 0 Å². The average Bonchev–Trinajstić information content (AvgIpc) is 2.63. The summed E-state index contributed by atoms with van der Waals surface area (Å²) in [4.78, 5) is 11.5. The van der Waals surface area contributed by atoms with E-state index in [-0.39, 0.29) is 11.8 Å². The first-order valence-electron chi connectivity index (χ1n) is 5.56. The Kier molecular flexibility index (Phi) is 4.54. The van der Waals surface area contributed by atoms with Crippen LogP contribution in [-0.2, 0) is 9.53 Å². The average molecular weight is 215 g/mol. The van der Waals surface area contributed by atoms with E-state index >= 15 is 0 Å². The van der Waals surface area contributed by atoms with E-state index in [2.05, 4.69) is 5.32 Å². The molecule has 0 radical (unpaired) electrons. The number of nitrogens with one attached hydrogen (secondary N) is 1. The van der Waals surface area contributed by atoms with Crippen molar-refractivity contribution < 1.29 is 14.6 Å². The van der Waals surface area contributed by atoms with E-state index in [0.29, 0.717) is 13.2 Å². The number of carbonyl (C=O) groups is 1. The fourth-order valence-corrected chi connectivity index (χ4v) is 1.96. The Morgan fingerprint density at radius 2 is 2.13 bits per heavy atom. The van der Waals surface area contributed by atoms with E-state index in [9.17, 15) is 9.90 Å². The molecule has 0 aliphatic heterocycles. The molecule has 15 heavy (non-hydrogen) atoms. The van der Waals surface area contributed by atoms with Gasteiger partial charge < -0.3 is 15.2 Å². The Bertz CT molecular complexity index is 212. The number of hydrogen-bond donors (Lipinski definition) is 2. The van der Waals surface area contributed by atoms with Crippen LogP contribution in [0.1, 0.15) is 32.6 Å². The second kappa shape index (κ2) is 5.47. The monoisotopic (exact) mass is 215 g/mol. The van der Waals surface area contributed by atoms with Gasteiger partial charge in [-0.25, -0.2) is 0 Å². The minimum Gasteiger partial charge on any atom is -0.388 e. The number of amides is 1. The van der Waals surface area contributed by atoms with Gasteiger partial charge in [0.25, 0.3) is 0 Å². The maximum Gasteiger partial charge on any atom is 0.225 e. The van der Waals surface area contributed by atoms with Gasteiger partial charge in [0.05, 0.1) is 18.1 Å². The van der Waals surface area contributed by atoms with Crippen LogP contribution in [0.4, 0.5) is 0 Å². The van der Waals surface area contributed by atoms with Crippen LogP contribution in [0.2, 0.25) is 0 Å². The van der Waals surface area contributed by atoms with Crippen LogP contribution in [0.15, 0.2) is 0 Å². The van der Waals surface area contributed by atoms with Crippen molar-refractivity contribution in [3.8, 4) is 0 Å². The summed E-state index contributed by atoms with van der Waals surface area (Å²) >= 11 is 0. The molecular formula is C11H21NO3. The number of methoxy groups -OCH3 is 1. The number of carbonyl (C=O) groups excluding carboxylic acids is 1. The van der Waals surface area contributed by atoms with Crippen LogP contribution in [0, 0.1) is 5.92 Å². The van der Waals surface area contributed by atoms with Crippen LogP contribution in [-0.4, -0.2) is 36.9 Å². The van der Waals surface area contributed by atoms with Gasteiger partial charge in [0.1, 0.15) is 0 Å². The van der Waals surface area contributed by atoms with Gasteiger partial charge in [-0.2, -0.15) is 0 Å². The first kappa shape index (κ1) is 12.5. The number of aliphatic hydroxyl groups is 1. The molecule has 1 aliphatic rings. The Morgan fingerprint density at radius 1 is 1.53 bits per heavy atom. The third kappa shape index (κ3) is 3.80. The lowest BCUT2D eigenvalue weighted by atomic mass is 10.0. The summed E-state index contributed by atoms with van der Waals surface area (Å²) in [6, 6.07) is 0. The van der Waals surface area contributed by atoms with Crippen molar-refractivity contribution in [3.05, 3.63) is 0 Å². The lowest BCUT2D eigenvalue weighted by Gasteiger charge is -2.23. The highest BCUT2D eigenvalue weighted by atomic mass is 16.5. The summed E-state index contributed by atoms with van der Waals surface area (Å²) in [6.07, 6.45) is 3.71. The predicted molar refractivity (Wildman–Crippen MR) is 57.5 cm³/mol. The zero-order chi connectivity index (χ0) is 11.3. The molecule has 2 N–H and O–H groups in total. The lowest BCUT2D eigenvalue weighted by Crippen LogP contribution is -2.43. The first-order chi connectivity index (χ1) is 7.07. The summed E-state index contributed by atoms with van der Waals surface area (Å²) in [7, 11) is 1.58. The molecule has 0 aromatic carbocycles. The lowest BCUT2D eigenvalue weighted by molar-refractivity contribution is -0.127. The molecule has 1 unspecified atom stereocenters. The molecule has 1 fully saturated rings. The second-order valence-corrected chi connectivity index (χ2v) is 4.51. The summed E-state index contributed by atoms with van der Waals surface area (Å²) in [5.41, 5.74) is -0.664. The third-order valence-corrected chi connectivity index (χ3v) is 2.99. The fraction of sp³-hybridized carbons (Fsp3) is 0.909. The molecule has 4 nitrogen and oxygen atoms in total. The normalized spacial score (nSPS) is 21.3. The van der Waals surface area contributed by atoms with Crippen molar-refractivity contribution in [2.24, 2.45) is 5.92 Å². The molecule has 0 aromatic heterocycles. The topological polar surface area (TPSA) is 58.6 Å². The van der Waals surface area contributed by atoms with Crippen molar-refractivity contribution in [2.45, 2.75) is 38.2 Å². The maximum absolute atomic E-state index is 11.5. The molecular weight excluding hydrogens is 194 g/mol. The molecule has 1 aliphatic carbocycles. The minimum absolute atomic E-state index is 0.0443. The molecule has 88 valence electrons. The highest BCUT2D eigenvalue weighted by Gasteiger charge is 2.31. The van der Waals surface area contributed by atoms with Gasteiger partial charge in [-0.1, -0.05) is 19.8 Å². The van der Waals surface area contributed by atoms with Crippen LogP contribution in [0.3, 0.4) is 0 Å². The summed E-state index contributed by atoms with van der Waals surface area (Å²) < 4.78 is 4.90. The Labute approximate surface area is 91.0 Å². The van der Waals surface area contributed by atoms with E-state index in [1.54, 1.807) is 7.11 Å². The van der Waals surface area contributed by atoms with E-state index in [1.807, 2.05) is 6.92 Å². The number of rotatable bonds is 5. The van der Waals surface area contributed by atoms with Gasteiger partial charge in [-0.05, 0) is 12.8 Å². The zero-order valence-electron chi connectivity index (χ0n) is 9.58. The SMILES string of the molecule is COCC(C)C(=O)NCC1(O)CCCC1. The molecule has 1 rings (SSSR count). The summed E-state index contributed by atoms with van der Waals surface area (Å²) in [5.74, 6) is -0.197. The second-order valence-electron chi connectivity index (χ2n) is 4.51.